The molecule has 0 saturated heterocycles. The Bertz CT molecular complexity index is 1430. The van der Waals surface area contributed by atoms with E-state index in [-0.39, 0.29) is 5.91 Å². The molecule has 2 heterocycles. The number of benzene rings is 3. The Morgan fingerprint density at radius 3 is 2.60 bits per heavy atom. The van der Waals surface area contributed by atoms with E-state index in [2.05, 4.69) is 10.1 Å². The quantitative estimate of drug-likeness (QED) is 0.329. The monoisotopic (exact) mass is 485 g/mol. The van der Waals surface area contributed by atoms with E-state index in [0.29, 0.717) is 35.3 Å². The molecule has 8 heteroatoms. The third-order valence-electron chi connectivity index (χ3n) is 5.68. The van der Waals surface area contributed by atoms with E-state index in [9.17, 15) is 4.79 Å². The number of ether oxygens (including phenoxy) is 2. The molecule has 0 radical (unpaired) electrons. The average molecular weight is 486 g/mol. The summed E-state index contributed by atoms with van der Waals surface area (Å²) in [5, 5.41) is 4.16. The lowest BCUT2D eigenvalue weighted by molar-refractivity contribution is 0.0985. The van der Waals surface area contributed by atoms with Crippen LogP contribution < -0.4 is 14.4 Å². The van der Waals surface area contributed by atoms with Crippen molar-refractivity contribution < 1.29 is 18.8 Å². The number of fused-ring (bicyclic) bond motifs is 2. The first-order chi connectivity index (χ1) is 17.1. The molecule has 35 heavy (non-hydrogen) atoms. The number of carbonyl (C=O) groups is 1. The predicted molar refractivity (Wildman–Crippen MR) is 136 cm³/mol. The Labute approximate surface area is 207 Å². The van der Waals surface area contributed by atoms with Gasteiger partial charge in [0.15, 0.2) is 11.5 Å². The van der Waals surface area contributed by atoms with Crippen LogP contribution in [0.3, 0.4) is 0 Å². The van der Waals surface area contributed by atoms with Crippen LogP contribution in [0, 0.1) is 0 Å². The van der Waals surface area contributed by atoms with Gasteiger partial charge in [0.1, 0.15) is 0 Å². The van der Waals surface area contributed by atoms with Crippen LogP contribution in [0.15, 0.2) is 75.0 Å². The van der Waals surface area contributed by atoms with Gasteiger partial charge in [-0.3, -0.25) is 4.79 Å². The van der Waals surface area contributed by atoms with E-state index in [1.54, 1.807) is 37.0 Å². The van der Waals surface area contributed by atoms with Crippen LogP contribution in [0.5, 0.6) is 11.5 Å². The largest absolute Gasteiger partial charge is 0.493 e. The summed E-state index contributed by atoms with van der Waals surface area (Å²) >= 11 is 1.57. The number of nitrogens with zero attached hydrogens (tertiary/aromatic N) is 3. The SMILES string of the molecule is CCN1C(=O)c2ccccc2Sc2cc(-c3noc(C=Cc4ccc(OC)c(OC)c4)n3)ccc21. The van der Waals surface area contributed by atoms with E-state index in [1.165, 1.54) is 0 Å². The van der Waals surface area contributed by atoms with Crippen molar-refractivity contribution in [3.63, 3.8) is 0 Å². The molecule has 0 atom stereocenters. The van der Waals surface area contributed by atoms with Crippen molar-refractivity contribution in [1.82, 2.24) is 10.1 Å². The standard InChI is InChI=1S/C27H23N3O4S/c1-4-30-20-12-11-18(16-24(20)35-23-8-6-5-7-19(23)27(30)31)26-28-25(34-29-26)14-10-17-9-13-21(32-2)22(15-17)33-3/h5-16H,4H2,1-3H3. The third-order valence-corrected chi connectivity index (χ3v) is 6.80. The minimum Gasteiger partial charge on any atom is -0.493 e. The van der Waals surface area contributed by atoms with E-state index in [4.69, 9.17) is 14.0 Å². The molecule has 0 bridgehead atoms. The van der Waals surface area contributed by atoms with Crippen LogP contribution in [0.25, 0.3) is 23.5 Å². The van der Waals surface area contributed by atoms with Crippen LogP contribution >= 0.6 is 11.8 Å². The number of hydrogen-bond acceptors (Lipinski definition) is 7. The molecule has 5 rings (SSSR count). The Kier molecular flexibility index (Phi) is 6.29. The summed E-state index contributed by atoms with van der Waals surface area (Å²) in [6, 6.07) is 19.2. The molecule has 0 spiro atoms. The van der Waals surface area contributed by atoms with Crippen LogP contribution in [0.4, 0.5) is 5.69 Å². The number of anilines is 1. The van der Waals surface area contributed by atoms with Crippen LogP contribution in [0.1, 0.15) is 28.7 Å². The first kappa shape index (κ1) is 22.7. The lowest BCUT2D eigenvalue weighted by Crippen LogP contribution is -2.30. The van der Waals surface area contributed by atoms with E-state index in [0.717, 1.165) is 26.6 Å². The molecule has 1 aromatic heterocycles. The summed E-state index contributed by atoms with van der Waals surface area (Å²) in [5.74, 6) is 2.17. The highest BCUT2D eigenvalue weighted by molar-refractivity contribution is 7.99. The maximum absolute atomic E-state index is 13.1. The van der Waals surface area contributed by atoms with Crippen molar-refractivity contribution in [1.29, 1.82) is 0 Å². The Morgan fingerprint density at radius 1 is 0.971 bits per heavy atom. The zero-order valence-electron chi connectivity index (χ0n) is 19.5. The molecule has 1 aliphatic heterocycles. The second-order valence-corrected chi connectivity index (χ2v) is 8.82. The molecule has 0 fully saturated rings. The minimum absolute atomic E-state index is 0.00393. The minimum atomic E-state index is 0.00393. The topological polar surface area (TPSA) is 77.7 Å². The smallest absolute Gasteiger partial charge is 0.259 e. The normalized spacial score (nSPS) is 12.9. The first-order valence-corrected chi connectivity index (χ1v) is 11.9. The van der Waals surface area contributed by atoms with Crippen molar-refractivity contribution in [2.24, 2.45) is 0 Å². The average Bonchev–Trinajstić information content (AvgIpc) is 3.33. The van der Waals surface area contributed by atoms with Gasteiger partial charge in [0.05, 0.1) is 25.5 Å². The van der Waals surface area contributed by atoms with Crippen LogP contribution in [-0.4, -0.2) is 36.8 Å². The van der Waals surface area contributed by atoms with Gasteiger partial charge < -0.3 is 18.9 Å². The maximum Gasteiger partial charge on any atom is 0.259 e. The van der Waals surface area contributed by atoms with Gasteiger partial charge in [0, 0.05) is 28.0 Å². The van der Waals surface area contributed by atoms with Crippen molar-refractivity contribution in [2.75, 3.05) is 25.7 Å². The Hall–Kier alpha value is -4.04. The summed E-state index contributed by atoms with van der Waals surface area (Å²) < 4.78 is 16.1. The van der Waals surface area contributed by atoms with Crippen LogP contribution in [-0.2, 0) is 0 Å². The molecule has 0 aliphatic carbocycles. The summed E-state index contributed by atoms with van der Waals surface area (Å²) in [4.78, 5) is 21.3. The predicted octanol–water partition coefficient (Wildman–Crippen LogP) is 6.06. The number of amides is 1. The number of rotatable bonds is 6. The highest BCUT2D eigenvalue weighted by Crippen LogP contribution is 2.42. The second-order valence-electron chi connectivity index (χ2n) is 7.73. The van der Waals surface area contributed by atoms with Gasteiger partial charge in [0.2, 0.25) is 5.82 Å². The highest BCUT2D eigenvalue weighted by Gasteiger charge is 2.26. The van der Waals surface area contributed by atoms with Gasteiger partial charge in [0.25, 0.3) is 11.8 Å². The summed E-state index contributed by atoms with van der Waals surface area (Å²) in [7, 11) is 3.20. The summed E-state index contributed by atoms with van der Waals surface area (Å²) in [5.41, 5.74) is 3.30. The van der Waals surface area contributed by atoms with Gasteiger partial charge in [-0.25, -0.2) is 0 Å². The maximum atomic E-state index is 13.1. The van der Waals surface area contributed by atoms with Crippen LogP contribution in [0.2, 0.25) is 0 Å². The van der Waals surface area contributed by atoms with Crippen molar-refractivity contribution >= 4 is 35.5 Å². The lowest BCUT2D eigenvalue weighted by atomic mass is 10.1. The number of carbonyl (C=O) groups excluding carboxylic acids is 1. The van der Waals surface area contributed by atoms with Gasteiger partial charge >= 0.3 is 0 Å². The lowest BCUT2D eigenvalue weighted by Gasteiger charge is -2.21. The highest BCUT2D eigenvalue weighted by atomic mass is 32.2. The van der Waals surface area contributed by atoms with Crippen molar-refractivity contribution in [3.05, 3.63) is 77.7 Å². The Balaban J connectivity index is 1.43. The third kappa shape index (κ3) is 4.40. The van der Waals surface area contributed by atoms with Gasteiger partial charge in [-0.1, -0.05) is 35.1 Å². The zero-order chi connectivity index (χ0) is 24.4. The molecule has 1 aliphatic rings. The second kappa shape index (κ2) is 9.68. The fraction of sp³-hybridized carbons (Fsp3) is 0.148. The number of aromatic nitrogens is 2. The molecule has 1 amide bonds. The molecule has 0 N–H and O–H groups in total. The molecular formula is C27H23N3O4S. The number of methoxy groups -OCH3 is 2. The Morgan fingerprint density at radius 2 is 1.80 bits per heavy atom. The van der Waals surface area contributed by atoms with Gasteiger partial charge in [-0.15, -0.1) is 0 Å². The molecule has 0 saturated carbocycles. The molecule has 3 aromatic carbocycles. The zero-order valence-corrected chi connectivity index (χ0v) is 20.3. The van der Waals surface area contributed by atoms with Gasteiger partial charge in [-0.05, 0) is 61.0 Å². The first-order valence-electron chi connectivity index (χ1n) is 11.1. The summed E-state index contributed by atoms with van der Waals surface area (Å²) in [6.07, 6.45) is 3.62. The van der Waals surface area contributed by atoms with Gasteiger partial charge in [-0.2, -0.15) is 4.98 Å². The van der Waals surface area contributed by atoms with E-state index in [1.807, 2.05) is 73.7 Å². The molecule has 176 valence electrons. The molecular weight excluding hydrogens is 462 g/mol. The van der Waals surface area contributed by atoms with Crippen molar-refractivity contribution in [3.8, 4) is 22.9 Å². The van der Waals surface area contributed by atoms with E-state index < -0.39 is 0 Å². The molecule has 7 nitrogen and oxygen atoms in total. The summed E-state index contributed by atoms with van der Waals surface area (Å²) in [6.45, 7) is 2.55. The van der Waals surface area contributed by atoms with Crippen molar-refractivity contribution in [2.45, 2.75) is 16.7 Å². The number of hydrogen-bond donors (Lipinski definition) is 0. The molecule has 4 aromatic rings. The fourth-order valence-electron chi connectivity index (χ4n) is 3.92. The fourth-order valence-corrected chi connectivity index (χ4v) is 5.04. The molecule has 0 unspecified atom stereocenters. The van der Waals surface area contributed by atoms with E-state index >= 15 is 0 Å².